The Labute approximate surface area is 149 Å². The Morgan fingerprint density at radius 2 is 1.88 bits per heavy atom. The molecule has 25 heavy (non-hydrogen) atoms. The summed E-state index contributed by atoms with van der Waals surface area (Å²) in [5.74, 6) is -0.305. The van der Waals surface area contributed by atoms with Crippen molar-refractivity contribution in [3.05, 3.63) is 11.1 Å². The van der Waals surface area contributed by atoms with Crippen molar-refractivity contribution in [2.24, 2.45) is 22.7 Å². The van der Waals surface area contributed by atoms with Gasteiger partial charge < -0.3 is 20.1 Å². The second-order valence-electron chi connectivity index (χ2n) is 9.50. The lowest BCUT2D eigenvalue weighted by Crippen LogP contribution is -2.68. The minimum atomic E-state index is -1.26. The van der Waals surface area contributed by atoms with Gasteiger partial charge in [-0.05, 0) is 44.6 Å². The van der Waals surface area contributed by atoms with Gasteiger partial charge in [-0.15, -0.1) is 0 Å². The summed E-state index contributed by atoms with van der Waals surface area (Å²) < 4.78 is 5.61. The van der Waals surface area contributed by atoms with Crippen LogP contribution in [0, 0.1) is 22.7 Å². The molecule has 4 aliphatic rings. The zero-order valence-electron chi connectivity index (χ0n) is 15.6. The second kappa shape index (κ2) is 5.16. The maximum absolute atomic E-state index is 13.4. The van der Waals surface area contributed by atoms with E-state index in [4.69, 9.17) is 4.74 Å². The number of Topliss-reactive ketones (excluding diaryl/α,β-unsaturated/α-hetero) is 1. The van der Waals surface area contributed by atoms with Crippen LogP contribution in [0.3, 0.4) is 0 Å². The fourth-order valence-electron chi connectivity index (χ4n) is 6.18. The molecule has 2 bridgehead atoms. The van der Waals surface area contributed by atoms with Crippen LogP contribution in [0.5, 0.6) is 0 Å². The first kappa shape index (κ1) is 17.7. The second-order valence-corrected chi connectivity index (χ2v) is 9.50. The van der Waals surface area contributed by atoms with E-state index in [2.05, 4.69) is 0 Å². The van der Waals surface area contributed by atoms with E-state index in [-0.39, 0.29) is 23.7 Å². The number of rotatable bonds is 0. The molecule has 5 heteroatoms. The van der Waals surface area contributed by atoms with E-state index in [9.17, 15) is 20.1 Å². The predicted octanol–water partition coefficient (Wildman–Crippen LogP) is 1.59. The van der Waals surface area contributed by atoms with Gasteiger partial charge in [0.15, 0.2) is 5.78 Å². The molecule has 7 atom stereocenters. The van der Waals surface area contributed by atoms with Crippen LogP contribution in [0.15, 0.2) is 11.1 Å². The topological polar surface area (TPSA) is 87.0 Å². The molecule has 1 heterocycles. The Bertz CT molecular complexity index is 652. The Hall–Kier alpha value is -0.750. The zero-order valence-corrected chi connectivity index (χ0v) is 15.6. The van der Waals surface area contributed by atoms with E-state index in [1.165, 1.54) is 0 Å². The first-order valence-electron chi connectivity index (χ1n) is 9.48. The quantitative estimate of drug-likeness (QED) is 0.578. The van der Waals surface area contributed by atoms with Crippen LogP contribution in [0.4, 0.5) is 0 Å². The molecule has 2 saturated carbocycles. The average Bonchev–Trinajstić information content (AvgIpc) is 2.51. The standard InChI is InChI=1S/C20H30O5/c1-10-5-6-20(24)8-12-11-9-25-13(11)7-14(21)19(12,4)17(23)16(22)15(10)18(20,2)3/h11-14,16,21-22,24H,5-9H2,1-4H3/t11-,12?,13+,14-,16+,19-,20+/m1/s1. The number of hydrogen-bond acceptors (Lipinski definition) is 5. The Kier molecular flexibility index (Phi) is 3.64. The first-order chi connectivity index (χ1) is 11.5. The molecule has 1 unspecified atom stereocenters. The summed E-state index contributed by atoms with van der Waals surface area (Å²) in [6, 6.07) is 0. The van der Waals surface area contributed by atoms with E-state index in [1.807, 2.05) is 20.8 Å². The third-order valence-electron chi connectivity index (χ3n) is 8.24. The molecule has 0 aromatic carbocycles. The third-order valence-corrected chi connectivity index (χ3v) is 8.24. The van der Waals surface area contributed by atoms with Crippen molar-refractivity contribution in [3.63, 3.8) is 0 Å². The molecule has 0 spiro atoms. The lowest BCUT2D eigenvalue weighted by molar-refractivity contribution is -0.241. The monoisotopic (exact) mass is 350 g/mol. The highest BCUT2D eigenvalue weighted by atomic mass is 16.5. The van der Waals surface area contributed by atoms with Gasteiger partial charge in [-0.2, -0.15) is 0 Å². The number of carbonyl (C=O) groups excluding carboxylic acids is 1. The highest BCUT2D eigenvalue weighted by molar-refractivity contribution is 5.92. The Balaban J connectivity index is 1.90. The molecule has 0 radical (unpaired) electrons. The van der Waals surface area contributed by atoms with Crippen molar-refractivity contribution in [2.75, 3.05) is 6.61 Å². The number of aliphatic hydroxyl groups is 3. The number of fused-ring (bicyclic) bond motifs is 5. The average molecular weight is 350 g/mol. The van der Waals surface area contributed by atoms with E-state index >= 15 is 0 Å². The van der Waals surface area contributed by atoms with Gasteiger partial charge in [-0.25, -0.2) is 0 Å². The van der Waals surface area contributed by atoms with Gasteiger partial charge in [0.25, 0.3) is 0 Å². The molecule has 4 rings (SSSR count). The van der Waals surface area contributed by atoms with Gasteiger partial charge in [0.1, 0.15) is 6.10 Å². The summed E-state index contributed by atoms with van der Waals surface area (Å²) in [5, 5.41) is 33.5. The van der Waals surface area contributed by atoms with Gasteiger partial charge >= 0.3 is 0 Å². The molecule has 3 aliphatic carbocycles. The SMILES string of the molecule is CC1=C2[C@H](O)C(=O)[C@]3(C)C(C[C@@](O)(CC1)C2(C)C)[C@H]1CO[C@H]1C[C@H]3O. The van der Waals surface area contributed by atoms with Crippen LogP contribution in [-0.4, -0.2) is 51.6 Å². The normalized spacial score (nSPS) is 51.8. The van der Waals surface area contributed by atoms with Crippen LogP contribution in [0.1, 0.15) is 53.4 Å². The van der Waals surface area contributed by atoms with Crippen LogP contribution >= 0.6 is 0 Å². The maximum atomic E-state index is 13.4. The molecule has 0 aromatic heterocycles. The van der Waals surface area contributed by atoms with Gasteiger partial charge in [0, 0.05) is 17.8 Å². The van der Waals surface area contributed by atoms with Gasteiger partial charge in [-0.1, -0.05) is 19.4 Å². The minimum Gasteiger partial charge on any atom is -0.392 e. The van der Waals surface area contributed by atoms with Crippen molar-refractivity contribution in [3.8, 4) is 0 Å². The van der Waals surface area contributed by atoms with Crippen LogP contribution in [0.25, 0.3) is 0 Å². The van der Waals surface area contributed by atoms with Crippen LogP contribution in [-0.2, 0) is 9.53 Å². The summed E-state index contributed by atoms with van der Waals surface area (Å²) in [7, 11) is 0. The maximum Gasteiger partial charge on any atom is 0.174 e. The van der Waals surface area contributed by atoms with Gasteiger partial charge in [0.2, 0.25) is 0 Å². The summed E-state index contributed by atoms with van der Waals surface area (Å²) in [4.78, 5) is 13.4. The number of aliphatic hydroxyl groups excluding tert-OH is 2. The van der Waals surface area contributed by atoms with Crippen molar-refractivity contribution < 1.29 is 24.9 Å². The predicted molar refractivity (Wildman–Crippen MR) is 91.7 cm³/mol. The molecular formula is C20H30O5. The minimum absolute atomic E-state index is 0.0375. The molecule has 1 saturated heterocycles. The van der Waals surface area contributed by atoms with Gasteiger partial charge in [-0.3, -0.25) is 4.79 Å². The lowest BCUT2D eigenvalue weighted by Gasteiger charge is -2.61. The fourth-order valence-corrected chi connectivity index (χ4v) is 6.18. The summed E-state index contributed by atoms with van der Waals surface area (Å²) in [6.07, 6.45) is 0.0513. The van der Waals surface area contributed by atoms with E-state index in [0.29, 0.717) is 37.9 Å². The molecule has 0 amide bonds. The molecule has 1 aliphatic heterocycles. The van der Waals surface area contributed by atoms with E-state index in [0.717, 1.165) is 5.57 Å². The van der Waals surface area contributed by atoms with Gasteiger partial charge in [0.05, 0.1) is 29.8 Å². The van der Waals surface area contributed by atoms with E-state index in [1.54, 1.807) is 6.92 Å². The Morgan fingerprint density at radius 1 is 1.20 bits per heavy atom. The lowest BCUT2D eigenvalue weighted by atomic mass is 9.47. The molecule has 140 valence electrons. The number of hydrogen-bond donors (Lipinski definition) is 3. The van der Waals surface area contributed by atoms with Crippen LogP contribution in [0.2, 0.25) is 0 Å². The molecular weight excluding hydrogens is 320 g/mol. The molecule has 0 aromatic rings. The third kappa shape index (κ3) is 2.01. The number of ketones is 1. The highest BCUT2D eigenvalue weighted by Gasteiger charge is 2.65. The van der Waals surface area contributed by atoms with Crippen molar-refractivity contribution in [2.45, 2.75) is 77.3 Å². The summed E-state index contributed by atoms with van der Waals surface area (Å²) >= 11 is 0. The van der Waals surface area contributed by atoms with Crippen LogP contribution < -0.4 is 0 Å². The summed E-state index contributed by atoms with van der Waals surface area (Å²) in [5.41, 5.74) is -1.06. The smallest absolute Gasteiger partial charge is 0.174 e. The fraction of sp³-hybridized carbons (Fsp3) is 0.850. The highest BCUT2D eigenvalue weighted by Crippen LogP contribution is 2.60. The first-order valence-corrected chi connectivity index (χ1v) is 9.48. The summed E-state index contributed by atoms with van der Waals surface area (Å²) in [6.45, 7) is 8.19. The molecule has 3 fully saturated rings. The van der Waals surface area contributed by atoms with E-state index < -0.39 is 28.6 Å². The number of allylic oxidation sites excluding steroid dienone is 1. The van der Waals surface area contributed by atoms with Crippen molar-refractivity contribution >= 4 is 5.78 Å². The van der Waals surface area contributed by atoms with Crippen molar-refractivity contribution in [1.82, 2.24) is 0 Å². The Morgan fingerprint density at radius 3 is 2.48 bits per heavy atom. The number of ether oxygens (including phenoxy) is 1. The number of carbonyl (C=O) groups is 1. The molecule has 5 nitrogen and oxygen atoms in total. The largest absolute Gasteiger partial charge is 0.392 e. The molecule has 3 N–H and O–H groups in total. The van der Waals surface area contributed by atoms with Crippen molar-refractivity contribution in [1.29, 1.82) is 0 Å². The zero-order chi connectivity index (χ0) is 18.4.